The Morgan fingerprint density at radius 2 is 1.57 bits per heavy atom. The summed E-state index contributed by atoms with van der Waals surface area (Å²) >= 11 is 0. The number of methoxy groups -OCH3 is 3. The average molecular weight is 318 g/mol. The van der Waals surface area contributed by atoms with Gasteiger partial charge in [0.1, 0.15) is 0 Å². The summed E-state index contributed by atoms with van der Waals surface area (Å²) in [6, 6.07) is 5.75. The van der Waals surface area contributed by atoms with E-state index in [2.05, 4.69) is 0 Å². The summed E-state index contributed by atoms with van der Waals surface area (Å²) in [6.07, 6.45) is 1.05. The van der Waals surface area contributed by atoms with Crippen LogP contribution in [0.3, 0.4) is 0 Å². The second-order valence-corrected chi connectivity index (χ2v) is 5.15. The minimum Gasteiger partial charge on any atom is -0.492 e. The minimum absolute atomic E-state index is 0.305. The molecule has 0 amide bonds. The predicted octanol–water partition coefficient (Wildman–Crippen LogP) is 3.88. The van der Waals surface area contributed by atoms with Gasteiger partial charge in [0.25, 0.3) is 0 Å². The molecule has 0 unspecified atom stereocenters. The van der Waals surface area contributed by atoms with Crippen LogP contribution in [-0.4, -0.2) is 27.3 Å². The average Bonchev–Trinajstić information content (AvgIpc) is 2.54. The van der Waals surface area contributed by atoms with E-state index in [0.29, 0.717) is 35.8 Å². The molecule has 0 heterocycles. The lowest BCUT2D eigenvalue weighted by atomic mass is 10.0. The van der Waals surface area contributed by atoms with Crippen LogP contribution < -0.4 is 18.9 Å². The zero-order chi connectivity index (χ0) is 17.0. The number of ether oxygens (including phenoxy) is 4. The highest BCUT2D eigenvalue weighted by atomic mass is 16.6. The van der Waals surface area contributed by atoms with E-state index >= 15 is 0 Å². The van der Waals surface area contributed by atoms with Crippen molar-refractivity contribution < 1.29 is 23.7 Å². The summed E-state index contributed by atoms with van der Waals surface area (Å²) in [5.41, 5.74) is 0.994. The maximum Gasteiger partial charge on any atom is 0.311 e. The maximum atomic E-state index is 12.0. The number of benzene rings is 2. The van der Waals surface area contributed by atoms with Gasteiger partial charge in [-0.15, -0.1) is 0 Å². The third kappa shape index (κ3) is 3.04. The van der Waals surface area contributed by atoms with Crippen molar-refractivity contribution in [1.82, 2.24) is 0 Å². The molecule has 0 N–H and O–H groups in total. The highest BCUT2D eigenvalue weighted by molar-refractivity contribution is 6.01. The smallest absolute Gasteiger partial charge is 0.311 e. The lowest BCUT2D eigenvalue weighted by molar-refractivity contribution is -0.134. The van der Waals surface area contributed by atoms with Gasteiger partial charge in [0.15, 0.2) is 11.5 Å². The quantitative estimate of drug-likeness (QED) is 0.597. The molecule has 124 valence electrons. The van der Waals surface area contributed by atoms with Crippen LogP contribution in [-0.2, 0) is 4.79 Å². The molecule has 5 nitrogen and oxygen atoms in total. The van der Waals surface area contributed by atoms with Crippen molar-refractivity contribution in [2.45, 2.75) is 26.7 Å². The molecule has 0 atom stereocenters. The Bertz CT molecular complexity index is 721. The fourth-order valence-electron chi connectivity index (χ4n) is 2.64. The molecule has 0 aliphatic heterocycles. The number of carbonyl (C=O) groups is 1. The largest absolute Gasteiger partial charge is 0.492 e. The molecule has 0 aromatic heterocycles. The molecule has 0 radical (unpaired) electrons. The number of carbonyl (C=O) groups excluding carboxylic acids is 1. The van der Waals surface area contributed by atoms with Crippen LogP contribution in [0, 0.1) is 6.92 Å². The van der Waals surface area contributed by atoms with E-state index in [1.165, 1.54) is 14.2 Å². The molecule has 0 bridgehead atoms. The Kier molecular flexibility index (Phi) is 5.32. The summed E-state index contributed by atoms with van der Waals surface area (Å²) in [4.78, 5) is 12.0. The van der Waals surface area contributed by atoms with Crippen molar-refractivity contribution in [3.8, 4) is 23.0 Å². The maximum absolute atomic E-state index is 12.0. The first-order valence-corrected chi connectivity index (χ1v) is 7.50. The van der Waals surface area contributed by atoms with Crippen LogP contribution in [0.4, 0.5) is 0 Å². The molecule has 2 aromatic rings. The van der Waals surface area contributed by atoms with Gasteiger partial charge in [0, 0.05) is 17.2 Å². The predicted molar refractivity (Wildman–Crippen MR) is 88.9 cm³/mol. The fraction of sp³-hybridized carbons (Fsp3) is 0.389. The zero-order valence-corrected chi connectivity index (χ0v) is 14.2. The standard InChI is InChI=1S/C18H22O5/c1-6-8-13(19)23-15-12-10-7-9-11(2)14(12)16(20-3)18(22-5)17(15)21-4/h7,9-10H,6,8H2,1-5H3. The molecule has 0 spiro atoms. The first-order valence-electron chi connectivity index (χ1n) is 7.50. The monoisotopic (exact) mass is 318 g/mol. The Morgan fingerprint density at radius 3 is 2.13 bits per heavy atom. The highest BCUT2D eigenvalue weighted by Crippen LogP contribution is 2.51. The Hall–Kier alpha value is -2.43. The molecule has 0 saturated carbocycles. The summed E-state index contributed by atoms with van der Waals surface area (Å²) in [7, 11) is 4.62. The fourth-order valence-corrected chi connectivity index (χ4v) is 2.64. The lowest BCUT2D eigenvalue weighted by Gasteiger charge is -2.20. The van der Waals surface area contributed by atoms with Crippen molar-refractivity contribution in [2.24, 2.45) is 0 Å². The second kappa shape index (κ2) is 7.22. The third-order valence-electron chi connectivity index (χ3n) is 3.65. The number of hydrogen-bond acceptors (Lipinski definition) is 5. The molecular formula is C18H22O5. The van der Waals surface area contributed by atoms with Gasteiger partial charge in [-0.2, -0.15) is 0 Å². The normalized spacial score (nSPS) is 10.5. The third-order valence-corrected chi connectivity index (χ3v) is 3.65. The zero-order valence-electron chi connectivity index (χ0n) is 14.2. The lowest BCUT2D eigenvalue weighted by Crippen LogP contribution is -2.09. The van der Waals surface area contributed by atoms with Crippen LogP contribution in [0.1, 0.15) is 25.3 Å². The van der Waals surface area contributed by atoms with Crippen molar-refractivity contribution in [3.05, 3.63) is 23.8 Å². The molecule has 2 aromatic carbocycles. The molecule has 0 saturated heterocycles. The van der Waals surface area contributed by atoms with Crippen LogP contribution in [0.2, 0.25) is 0 Å². The minimum atomic E-state index is -0.305. The van der Waals surface area contributed by atoms with Crippen molar-refractivity contribution in [1.29, 1.82) is 0 Å². The highest BCUT2D eigenvalue weighted by Gasteiger charge is 2.25. The Labute approximate surface area is 136 Å². The molecule has 2 rings (SSSR count). The molecule has 0 fully saturated rings. The van der Waals surface area contributed by atoms with Gasteiger partial charge in [-0.25, -0.2) is 0 Å². The van der Waals surface area contributed by atoms with Gasteiger partial charge in [-0.1, -0.05) is 25.1 Å². The topological polar surface area (TPSA) is 54.0 Å². The SMILES string of the molecule is CCCC(=O)Oc1c(OC)c(OC)c(OC)c2c(C)cccc12. The molecule has 23 heavy (non-hydrogen) atoms. The van der Waals surface area contributed by atoms with Crippen molar-refractivity contribution in [3.63, 3.8) is 0 Å². The van der Waals surface area contributed by atoms with Gasteiger partial charge in [-0.05, 0) is 18.9 Å². The van der Waals surface area contributed by atoms with E-state index < -0.39 is 0 Å². The van der Waals surface area contributed by atoms with E-state index in [1.54, 1.807) is 7.11 Å². The summed E-state index contributed by atoms with van der Waals surface area (Å²) < 4.78 is 22.0. The van der Waals surface area contributed by atoms with E-state index in [4.69, 9.17) is 18.9 Å². The van der Waals surface area contributed by atoms with Crippen LogP contribution in [0.15, 0.2) is 18.2 Å². The van der Waals surface area contributed by atoms with Gasteiger partial charge in [0.2, 0.25) is 11.5 Å². The number of rotatable bonds is 6. The summed E-state index contributed by atoms with van der Waals surface area (Å²) in [5.74, 6) is 1.39. The first-order chi connectivity index (χ1) is 11.1. The second-order valence-electron chi connectivity index (χ2n) is 5.15. The number of fused-ring (bicyclic) bond motifs is 1. The first kappa shape index (κ1) is 16.9. The molecule has 0 aliphatic rings. The van der Waals surface area contributed by atoms with Gasteiger partial charge in [-0.3, -0.25) is 4.79 Å². The van der Waals surface area contributed by atoms with E-state index in [0.717, 1.165) is 16.3 Å². The molecular weight excluding hydrogens is 296 g/mol. The van der Waals surface area contributed by atoms with E-state index in [9.17, 15) is 4.79 Å². The van der Waals surface area contributed by atoms with Crippen LogP contribution in [0.5, 0.6) is 23.0 Å². The summed E-state index contributed by atoms with van der Waals surface area (Å²) in [6.45, 7) is 3.89. The van der Waals surface area contributed by atoms with E-state index in [-0.39, 0.29) is 5.97 Å². The Balaban J connectivity index is 2.82. The van der Waals surface area contributed by atoms with E-state index in [1.807, 2.05) is 32.0 Å². The molecule has 0 aliphatic carbocycles. The molecule has 5 heteroatoms. The van der Waals surface area contributed by atoms with Crippen LogP contribution in [0.25, 0.3) is 10.8 Å². The summed E-state index contributed by atoms with van der Waals surface area (Å²) in [5, 5.41) is 1.59. The number of aryl methyl sites for hydroxylation is 1. The van der Waals surface area contributed by atoms with Crippen molar-refractivity contribution in [2.75, 3.05) is 21.3 Å². The van der Waals surface area contributed by atoms with Gasteiger partial charge in [0.05, 0.1) is 21.3 Å². The van der Waals surface area contributed by atoms with Gasteiger partial charge < -0.3 is 18.9 Å². The van der Waals surface area contributed by atoms with Crippen molar-refractivity contribution >= 4 is 16.7 Å². The Morgan fingerprint density at radius 1 is 0.957 bits per heavy atom. The van der Waals surface area contributed by atoms with Gasteiger partial charge >= 0.3 is 5.97 Å². The van der Waals surface area contributed by atoms with Crippen LogP contribution >= 0.6 is 0 Å². The number of hydrogen-bond donors (Lipinski definition) is 0. The number of esters is 1.